The minimum atomic E-state index is -0.255. The first-order valence-electron chi connectivity index (χ1n) is 7.97. The fraction of sp³-hybridized carbons (Fsp3) is 0.158. The number of nitrogens with one attached hydrogen (secondary N) is 2. The quantitative estimate of drug-likeness (QED) is 0.669. The number of rotatable bonds is 7. The SMILES string of the molecule is COc1ccc(OC)c(Nc2cc(NCc3ccc(F)cc3)ncn2)c1. The Hall–Kier alpha value is -3.35. The largest absolute Gasteiger partial charge is 0.497 e. The number of nitrogens with zero attached hydrogens (tertiary/aromatic N) is 2. The van der Waals surface area contributed by atoms with Crippen LogP contribution in [-0.4, -0.2) is 24.2 Å². The summed E-state index contributed by atoms with van der Waals surface area (Å²) in [5.41, 5.74) is 1.68. The number of anilines is 3. The van der Waals surface area contributed by atoms with E-state index in [0.717, 1.165) is 11.3 Å². The van der Waals surface area contributed by atoms with Gasteiger partial charge in [-0.15, -0.1) is 0 Å². The minimum Gasteiger partial charge on any atom is -0.497 e. The van der Waals surface area contributed by atoms with Crippen LogP contribution in [0.15, 0.2) is 54.9 Å². The molecule has 1 heterocycles. The Labute approximate surface area is 151 Å². The summed E-state index contributed by atoms with van der Waals surface area (Å²) in [5.74, 6) is 2.37. The monoisotopic (exact) mass is 354 g/mol. The molecular weight excluding hydrogens is 335 g/mol. The summed E-state index contributed by atoms with van der Waals surface area (Å²) in [5, 5.41) is 6.39. The molecule has 7 heteroatoms. The predicted octanol–water partition coefficient (Wildman–Crippen LogP) is 3.99. The van der Waals surface area contributed by atoms with Crippen LogP contribution in [0, 0.1) is 5.82 Å². The number of aromatic nitrogens is 2. The summed E-state index contributed by atoms with van der Waals surface area (Å²) in [6.07, 6.45) is 1.46. The van der Waals surface area contributed by atoms with Crippen molar-refractivity contribution in [3.05, 3.63) is 66.2 Å². The van der Waals surface area contributed by atoms with Gasteiger partial charge in [-0.1, -0.05) is 12.1 Å². The first kappa shape index (κ1) is 17.5. The lowest BCUT2D eigenvalue weighted by molar-refractivity contribution is 0.405. The number of benzene rings is 2. The van der Waals surface area contributed by atoms with Gasteiger partial charge in [0.1, 0.15) is 35.3 Å². The molecule has 0 aliphatic rings. The molecule has 0 radical (unpaired) electrons. The molecule has 1 aromatic heterocycles. The van der Waals surface area contributed by atoms with Crippen LogP contribution in [0.1, 0.15) is 5.56 Å². The van der Waals surface area contributed by atoms with E-state index >= 15 is 0 Å². The van der Waals surface area contributed by atoms with E-state index in [1.807, 2.05) is 18.2 Å². The lowest BCUT2D eigenvalue weighted by Crippen LogP contribution is -2.03. The van der Waals surface area contributed by atoms with Gasteiger partial charge >= 0.3 is 0 Å². The first-order chi connectivity index (χ1) is 12.7. The molecule has 2 aromatic carbocycles. The second-order valence-corrected chi connectivity index (χ2v) is 5.46. The van der Waals surface area contributed by atoms with Gasteiger partial charge < -0.3 is 20.1 Å². The molecule has 6 nitrogen and oxygen atoms in total. The van der Waals surface area contributed by atoms with E-state index in [2.05, 4.69) is 20.6 Å². The molecule has 0 saturated carbocycles. The molecular formula is C19H19FN4O2. The van der Waals surface area contributed by atoms with Crippen LogP contribution >= 0.6 is 0 Å². The molecule has 0 bridgehead atoms. The molecule has 0 fully saturated rings. The van der Waals surface area contributed by atoms with Crippen LogP contribution in [0.2, 0.25) is 0 Å². The number of methoxy groups -OCH3 is 2. The molecule has 3 aromatic rings. The van der Waals surface area contributed by atoms with Gasteiger partial charge in [0.2, 0.25) is 0 Å². The fourth-order valence-electron chi connectivity index (χ4n) is 2.37. The normalized spacial score (nSPS) is 10.3. The highest BCUT2D eigenvalue weighted by Gasteiger charge is 2.07. The van der Waals surface area contributed by atoms with Gasteiger partial charge in [0.15, 0.2) is 0 Å². The number of hydrogen-bond donors (Lipinski definition) is 2. The van der Waals surface area contributed by atoms with Gasteiger partial charge in [0, 0.05) is 18.7 Å². The Morgan fingerprint density at radius 3 is 2.42 bits per heavy atom. The maximum atomic E-state index is 13.0. The zero-order valence-corrected chi connectivity index (χ0v) is 14.5. The molecule has 26 heavy (non-hydrogen) atoms. The number of halogens is 1. The third-order valence-corrected chi connectivity index (χ3v) is 3.72. The third-order valence-electron chi connectivity index (χ3n) is 3.72. The summed E-state index contributed by atoms with van der Waals surface area (Å²) in [4.78, 5) is 8.42. The van der Waals surface area contributed by atoms with Crippen LogP contribution < -0.4 is 20.1 Å². The van der Waals surface area contributed by atoms with Crippen molar-refractivity contribution in [3.63, 3.8) is 0 Å². The van der Waals surface area contributed by atoms with E-state index in [9.17, 15) is 4.39 Å². The van der Waals surface area contributed by atoms with Crippen molar-refractivity contribution in [2.45, 2.75) is 6.54 Å². The fourth-order valence-corrected chi connectivity index (χ4v) is 2.37. The molecule has 0 spiro atoms. The van der Waals surface area contributed by atoms with Gasteiger partial charge in [-0.25, -0.2) is 14.4 Å². The maximum Gasteiger partial charge on any atom is 0.142 e. The third kappa shape index (κ3) is 4.38. The van der Waals surface area contributed by atoms with Crippen molar-refractivity contribution < 1.29 is 13.9 Å². The van der Waals surface area contributed by atoms with Gasteiger partial charge in [0.25, 0.3) is 0 Å². The Morgan fingerprint density at radius 2 is 1.69 bits per heavy atom. The Kier molecular flexibility index (Phi) is 5.48. The van der Waals surface area contributed by atoms with E-state index in [1.54, 1.807) is 32.4 Å². The summed E-state index contributed by atoms with van der Waals surface area (Å²) >= 11 is 0. The average Bonchev–Trinajstić information content (AvgIpc) is 2.68. The van der Waals surface area contributed by atoms with Crippen molar-refractivity contribution >= 4 is 17.3 Å². The molecule has 0 saturated heterocycles. The van der Waals surface area contributed by atoms with E-state index in [4.69, 9.17) is 9.47 Å². The molecule has 134 valence electrons. The molecule has 0 atom stereocenters. The molecule has 2 N–H and O–H groups in total. The minimum absolute atomic E-state index is 0.255. The Bertz CT molecular complexity index is 872. The topological polar surface area (TPSA) is 68.3 Å². The van der Waals surface area contributed by atoms with Gasteiger partial charge in [0.05, 0.1) is 19.9 Å². The molecule has 0 aliphatic carbocycles. The lowest BCUT2D eigenvalue weighted by atomic mass is 10.2. The van der Waals surface area contributed by atoms with E-state index in [1.165, 1.54) is 18.5 Å². The van der Waals surface area contributed by atoms with Crippen molar-refractivity contribution in [2.24, 2.45) is 0 Å². The number of ether oxygens (including phenoxy) is 2. The second kappa shape index (κ2) is 8.15. The highest BCUT2D eigenvalue weighted by molar-refractivity contribution is 5.67. The number of hydrogen-bond acceptors (Lipinski definition) is 6. The molecule has 3 rings (SSSR count). The summed E-state index contributed by atoms with van der Waals surface area (Å²) in [6.45, 7) is 0.527. The van der Waals surface area contributed by atoms with Crippen LogP contribution in [0.5, 0.6) is 11.5 Å². The molecule has 0 amide bonds. The van der Waals surface area contributed by atoms with Gasteiger partial charge in [-0.05, 0) is 29.8 Å². The standard InChI is InChI=1S/C19H19FN4O2/c1-25-15-7-8-17(26-2)16(9-15)24-19-10-18(22-12-23-19)21-11-13-3-5-14(20)6-4-13/h3-10,12H,11H2,1-2H3,(H2,21,22,23,24). The van der Waals surface area contributed by atoms with Crippen LogP contribution in [0.4, 0.5) is 21.7 Å². The second-order valence-electron chi connectivity index (χ2n) is 5.46. The summed E-state index contributed by atoms with van der Waals surface area (Å²) in [6, 6.07) is 13.6. The zero-order chi connectivity index (χ0) is 18.4. The maximum absolute atomic E-state index is 13.0. The molecule has 0 aliphatic heterocycles. The highest BCUT2D eigenvalue weighted by atomic mass is 19.1. The van der Waals surface area contributed by atoms with Crippen LogP contribution in [0.25, 0.3) is 0 Å². The van der Waals surface area contributed by atoms with Gasteiger partial charge in [-0.3, -0.25) is 0 Å². The summed E-state index contributed by atoms with van der Waals surface area (Å²) in [7, 11) is 3.20. The smallest absolute Gasteiger partial charge is 0.142 e. The van der Waals surface area contributed by atoms with Crippen molar-refractivity contribution in [1.29, 1.82) is 0 Å². The van der Waals surface area contributed by atoms with E-state index in [-0.39, 0.29) is 5.82 Å². The van der Waals surface area contributed by atoms with Crippen molar-refractivity contribution in [3.8, 4) is 11.5 Å². The zero-order valence-electron chi connectivity index (χ0n) is 14.5. The predicted molar refractivity (Wildman–Crippen MR) is 98.6 cm³/mol. The van der Waals surface area contributed by atoms with Gasteiger partial charge in [-0.2, -0.15) is 0 Å². The van der Waals surface area contributed by atoms with Crippen molar-refractivity contribution in [1.82, 2.24) is 9.97 Å². The van der Waals surface area contributed by atoms with E-state index in [0.29, 0.717) is 29.7 Å². The Morgan fingerprint density at radius 1 is 0.923 bits per heavy atom. The molecule has 0 unspecified atom stereocenters. The van der Waals surface area contributed by atoms with Crippen LogP contribution in [-0.2, 0) is 6.54 Å². The lowest BCUT2D eigenvalue weighted by Gasteiger charge is -2.13. The highest BCUT2D eigenvalue weighted by Crippen LogP contribution is 2.31. The average molecular weight is 354 g/mol. The van der Waals surface area contributed by atoms with Crippen molar-refractivity contribution in [2.75, 3.05) is 24.9 Å². The Balaban J connectivity index is 1.72. The van der Waals surface area contributed by atoms with E-state index < -0.39 is 0 Å². The summed E-state index contributed by atoms with van der Waals surface area (Å²) < 4.78 is 23.6. The first-order valence-corrected chi connectivity index (χ1v) is 7.97. The van der Waals surface area contributed by atoms with Crippen LogP contribution in [0.3, 0.4) is 0 Å².